The molecule has 0 fully saturated rings. The number of pyridine rings is 2. The molecule has 0 saturated carbocycles. The van der Waals surface area contributed by atoms with Gasteiger partial charge in [-0.2, -0.15) is 0 Å². The van der Waals surface area contributed by atoms with Gasteiger partial charge < -0.3 is 16.6 Å². The Hall–Kier alpha value is -4.76. The molecule has 38 heavy (non-hydrogen) atoms. The van der Waals surface area contributed by atoms with Crippen molar-refractivity contribution in [3.05, 3.63) is 94.3 Å². The summed E-state index contributed by atoms with van der Waals surface area (Å²) in [7, 11) is 0. The number of nitrogen functional groups attached to an aromatic ring is 1. The lowest BCUT2D eigenvalue weighted by atomic mass is 10.1. The zero-order chi connectivity index (χ0) is 26.8. The molecule has 5 N–H and O–H groups in total. The van der Waals surface area contributed by atoms with Crippen LogP contribution in [-0.4, -0.2) is 36.8 Å². The number of nitrogens with zero attached hydrogens (tertiary/aromatic N) is 4. The summed E-state index contributed by atoms with van der Waals surface area (Å²) in [6.07, 6.45) is 5.59. The number of primary amides is 1. The molecule has 0 unspecified atom stereocenters. The van der Waals surface area contributed by atoms with E-state index in [9.17, 15) is 9.59 Å². The summed E-state index contributed by atoms with van der Waals surface area (Å²) in [5.74, 6) is 0.378. The standard InChI is InChI=1S/C20H16ClN5.C8H7NO3/c21-17-9-8-16-20(25-17)26(14-7-6-12-3-1-4-13(12)11-14)19(24-16)15-5-2-10-23-18(15)22;9-8(12)5-1-2-7(11)6(3-5)4-10/h2,5-11H,1,3-4H2,(H2,22,23);1-4,11H,(H2,9,12). The molecule has 1 aliphatic rings. The Kier molecular flexibility index (Phi) is 6.76. The largest absolute Gasteiger partial charge is 0.507 e. The van der Waals surface area contributed by atoms with Crippen molar-refractivity contribution in [2.24, 2.45) is 5.73 Å². The van der Waals surface area contributed by atoms with E-state index in [1.54, 1.807) is 12.3 Å². The van der Waals surface area contributed by atoms with Crippen LogP contribution in [0.4, 0.5) is 5.82 Å². The van der Waals surface area contributed by atoms with Crippen LogP contribution in [0.1, 0.15) is 38.3 Å². The molecule has 9 nitrogen and oxygen atoms in total. The van der Waals surface area contributed by atoms with Crippen LogP contribution in [0.25, 0.3) is 28.2 Å². The molecule has 5 aromatic rings. The fraction of sp³-hybridized carbons (Fsp3) is 0.107. The van der Waals surface area contributed by atoms with Gasteiger partial charge in [-0.3, -0.25) is 14.2 Å². The first kappa shape index (κ1) is 24.9. The Morgan fingerprint density at radius 2 is 1.84 bits per heavy atom. The molecule has 3 aromatic heterocycles. The smallest absolute Gasteiger partial charge is 0.248 e. The van der Waals surface area contributed by atoms with Crippen LogP contribution in [0.2, 0.25) is 5.15 Å². The molecule has 0 saturated heterocycles. The summed E-state index contributed by atoms with van der Waals surface area (Å²) < 4.78 is 2.02. The zero-order valence-electron chi connectivity index (χ0n) is 20.1. The van der Waals surface area contributed by atoms with Crippen molar-refractivity contribution in [1.29, 1.82) is 0 Å². The number of carbonyl (C=O) groups is 2. The summed E-state index contributed by atoms with van der Waals surface area (Å²) >= 11 is 6.17. The Bertz CT molecular complexity index is 1700. The Morgan fingerprint density at radius 1 is 1.03 bits per heavy atom. The number of aromatic hydroxyl groups is 1. The van der Waals surface area contributed by atoms with Crippen molar-refractivity contribution in [2.45, 2.75) is 19.3 Å². The van der Waals surface area contributed by atoms with Crippen molar-refractivity contribution in [3.63, 3.8) is 0 Å². The van der Waals surface area contributed by atoms with Gasteiger partial charge in [-0.15, -0.1) is 0 Å². The molecule has 3 heterocycles. The topological polar surface area (TPSA) is 150 Å². The third kappa shape index (κ3) is 4.79. The third-order valence-electron chi connectivity index (χ3n) is 6.33. The van der Waals surface area contributed by atoms with E-state index in [0.717, 1.165) is 35.4 Å². The second-order valence-corrected chi connectivity index (χ2v) is 9.13. The second-order valence-electron chi connectivity index (χ2n) is 8.75. The molecule has 190 valence electrons. The summed E-state index contributed by atoms with van der Waals surface area (Å²) in [6, 6.07) is 17.8. The minimum absolute atomic E-state index is 0.0614. The number of rotatable bonds is 4. The van der Waals surface area contributed by atoms with E-state index in [0.29, 0.717) is 22.9 Å². The first-order chi connectivity index (χ1) is 18.4. The number of amides is 1. The van der Waals surface area contributed by atoms with Crippen molar-refractivity contribution in [2.75, 3.05) is 5.73 Å². The average Bonchev–Trinajstić information content (AvgIpc) is 3.53. The number of halogens is 1. The molecule has 0 aliphatic heterocycles. The zero-order valence-corrected chi connectivity index (χ0v) is 20.9. The van der Waals surface area contributed by atoms with Crippen LogP contribution in [0, 0.1) is 0 Å². The molecule has 0 bridgehead atoms. The highest BCUT2D eigenvalue weighted by atomic mass is 35.5. The number of hydrogen-bond donors (Lipinski definition) is 3. The van der Waals surface area contributed by atoms with Crippen LogP contribution in [0.15, 0.2) is 66.9 Å². The lowest BCUT2D eigenvalue weighted by Crippen LogP contribution is -2.10. The molecule has 10 heteroatoms. The number of aldehydes is 1. The number of anilines is 1. The van der Waals surface area contributed by atoms with Crippen LogP contribution in [0.5, 0.6) is 5.75 Å². The maximum absolute atomic E-state index is 10.6. The first-order valence-electron chi connectivity index (χ1n) is 11.8. The van der Waals surface area contributed by atoms with Crippen molar-refractivity contribution >= 4 is 40.8 Å². The fourth-order valence-corrected chi connectivity index (χ4v) is 4.61. The monoisotopic (exact) mass is 526 g/mol. The predicted molar refractivity (Wildman–Crippen MR) is 146 cm³/mol. The van der Waals surface area contributed by atoms with E-state index in [2.05, 4.69) is 28.2 Å². The molecule has 2 aromatic carbocycles. The van der Waals surface area contributed by atoms with Gasteiger partial charge in [-0.1, -0.05) is 17.7 Å². The number of nitrogens with two attached hydrogens (primary N) is 2. The Balaban J connectivity index is 0.000000207. The number of phenols is 1. The minimum Gasteiger partial charge on any atom is -0.507 e. The van der Waals surface area contributed by atoms with Gasteiger partial charge in [-0.05, 0) is 85.0 Å². The van der Waals surface area contributed by atoms with Gasteiger partial charge in [-0.25, -0.2) is 15.0 Å². The van der Waals surface area contributed by atoms with E-state index < -0.39 is 5.91 Å². The van der Waals surface area contributed by atoms with Crippen LogP contribution < -0.4 is 11.5 Å². The summed E-state index contributed by atoms with van der Waals surface area (Å²) in [6.45, 7) is 0. The predicted octanol–water partition coefficient (Wildman–Crippen LogP) is 4.51. The summed E-state index contributed by atoms with van der Waals surface area (Å²) in [4.78, 5) is 34.4. The normalized spacial score (nSPS) is 12.0. The number of imidazole rings is 1. The second kappa shape index (κ2) is 10.3. The highest BCUT2D eigenvalue weighted by Gasteiger charge is 2.20. The molecule has 1 amide bonds. The molecule has 6 rings (SSSR count). The van der Waals surface area contributed by atoms with Crippen LogP contribution in [0.3, 0.4) is 0 Å². The van der Waals surface area contributed by atoms with Gasteiger partial charge in [0.2, 0.25) is 5.91 Å². The lowest BCUT2D eigenvalue weighted by Gasteiger charge is -2.11. The van der Waals surface area contributed by atoms with Crippen molar-refractivity contribution in [3.8, 4) is 22.8 Å². The number of aromatic nitrogens is 4. The highest BCUT2D eigenvalue weighted by Crippen LogP contribution is 2.32. The van der Waals surface area contributed by atoms with Crippen molar-refractivity contribution in [1.82, 2.24) is 19.5 Å². The van der Waals surface area contributed by atoms with Gasteiger partial charge in [0.05, 0.1) is 11.1 Å². The highest BCUT2D eigenvalue weighted by molar-refractivity contribution is 6.29. The van der Waals surface area contributed by atoms with E-state index >= 15 is 0 Å². The first-order valence-corrected chi connectivity index (χ1v) is 12.2. The van der Waals surface area contributed by atoms with Gasteiger partial charge in [0, 0.05) is 17.4 Å². The molecule has 0 spiro atoms. The minimum atomic E-state index is -0.627. The van der Waals surface area contributed by atoms with Crippen LogP contribution in [-0.2, 0) is 12.8 Å². The average molecular weight is 527 g/mol. The third-order valence-corrected chi connectivity index (χ3v) is 6.54. The number of fused-ring (bicyclic) bond motifs is 2. The van der Waals surface area contributed by atoms with E-state index in [1.807, 2.05) is 22.8 Å². The molecular formula is C28H23ClN6O3. The maximum atomic E-state index is 10.6. The molecule has 0 atom stereocenters. The summed E-state index contributed by atoms with van der Waals surface area (Å²) in [5, 5.41) is 9.47. The number of carbonyl (C=O) groups excluding carboxylic acids is 2. The SMILES string of the molecule is NC(=O)c1ccc(O)c(C=O)c1.Nc1ncccc1-c1nc2ccc(Cl)nc2n1-c1ccc2c(c1)CCC2. The Labute approximate surface area is 222 Å². The molecule has 0 radical (unpaired) electrons. The Morgan fingerprint density at radius 3 is 2.61 bits per heavy atom. The summed E-state index contributed by atoms with van der Waals surface area (Å²) in [5.41, 5.74) is 17.4. The van der Waals surface area contributed by atoms with E-state index in [-0.39, 0.29) is 16.9 Å². The van der Waals surface area contributed by atoms with Gasteiger partial charge in [0.15, 0.2) is 17.8 Å². The number of phenolic OH excluding ortho intramolecular Hbond substituents is 1. The fourth-order valence-electron chi connectivity index (χ4n) is 4.47. The lowest BCUT2D eigenvalue weighted by molar-refractivity contribution is 0.1000. The number of benzene rings is 2. The number of hydrogen-bond acceptors (Lipinski definition) is 7. The van der Waals surface area contributed by atoms with Gasteiger partial charge in [0.25, 0.3) is 0 Å². The van der Waals surface area contributed by atoms with Gasteiger partial charge >= 0.3 is 0 Å². The van der Waals surface area contributed by atoms with Crippen molar-refractivity contribution < 1.29 is 14.7 Å². The van der Waals surface area contributed by atoms with Crippen LogP contribution >= 0.6 is 11.6 Å². The quantitative estimate of drug-likeness (QED) is 0.230. The maximum Gasteiger partial charge on any atom is 0.248 e. The number of aryl methyl sites for hydroxylation is 2. The van der Waals surface area contributed by atoms with E-state index in [4.69, 9.17) is 33.2 Å². The molecular weight excluding hydrogens is 504 g/mol. The van der Waals surface area contributed by atoms with E-state index in [1.165, 1.54) is 35.7 Å². The van der Waals surface area contributed by atoms with Gasteiger partial charge in [0.1, 0.15) is 22.2 Å². The molecule has 1 aliphatic carbocycles.